The van der Waals surface area contributed by atoms with Crippen LogP contribution < -0.4 is 4.74 Å². The molecule has 1 aliphatic heterocycles. The van der Waals surface area contributed by atoms with Crippen LogP contribution in [0.5, 0.6) is 5.75 Å². The summed E-state index contributed by atoms with van der Waals surface area (Å²) < 4.78 is 6.43. The van der Waals surface area contributed by atoms with Gasteiger partial charge in [0.05, 0.1) is 5.02 Å². The monoisotopic (exact) mass is 379 g/mol. The van der Waals surface area contributed by atoms with Gasteiger partial charge in [0.25, 0.3) is 5.91 Å². The first-order chi connectivity index (χ1) is 10.6. The normalized spacial score (nSPS) is 13.6. The lowest BCUT2D eigenvalue weighted by atomic mass is 10.00. The summed E-state index contributed by atoms with van der Waals surface area (Å²) in [6.45, 7) is 1.38. The molecular formula is C17H15BrClNO2. The highest BCUT2D eigenvalue weighted by atomic mass is 79.9. The van der Waals surface area contributed by atoms with E-state index in [2.05, 4.69) is 28.1 Å². The highest BCUT2D eigenvalue weighted by Crippen LogP contribution is 2.28. The molecule has 3 rings (SSSR count). The second kappa shape index (κ2) is 6.71. The second-order valence-corrected chi connectivity index (χ2v) is 6.52. The van der Waals surface area contributed by atoms with E-state index in [1.807, 2.05) is 23.1 Å². The van der Waals surface area contributed by atoms with Crippen molar-refractivity contribution in [2.24, 2.45) is 0 Å². The molecule has 0 atom stereocenters. The topological polar surface area (TPSA) is 29.5 Å². The highest BCUT2D eigenvalue weighted by Gasteiger charge is 2.20. The zero-order valence-corrected chi connectivity index (χ0v) is 14.2. The van der Waals surface area contributed by atoms with Gasteiger partial charge in [0.1, 0.15) is 5.75 Å². The lowest BCUT2D eigenvalue weighted by Crippen LogP contribution is -2.38. The summed E-state index contributed by atoms with van der Waals surface area (Å²) in [7, 11) is 0. The summed E-state index contributed by atoms with van der Waals surface area (Å²) in [6, 6.07) is 13.6. The van der Waals surface area contributed by atoms with E-state index in [9.17, 15) is 4.79 Å². The van der Waals surface area contributed by atoms with Gasteiger partial charge in [-0.15, -0.1) is 0 Å². The first kappa shape index (κ1) is 15.4. The Balaban J connectivity index is 1.61. The van der Waals surface area contributed by atoms with E-state index >= 15 is 0 Å². The number of halogens is 2. The Morgan fingerprint density at radius 3 is 2.77 bits per heavy atom. The molecule has 5 heteroatoms. The third-order valence-corrected chi connectivity index (χ3v) is 4.52. The van der Waals surface area contributed by atoms with Crippen molar-refractivity contribution in [2.75, 3.05) is 13.2 Å². The summed E-state index contributed by atoms with van der Waals surface area (Å²) in [5, 5.41) is 0.492. The van der Waals surface area contributed by atoms with Crippen LogP contribution in [0.15, 0.2) is 46.9 Å². The van der Waals surface area contributed by atoms with Crippen molar-refractivity contribution in [2.45, 2.75) is 13.0 Å². The van der Waals surface area contributed by atoms with Crippen molar-refractivity contribution >= 4 is 33.4 Å². The molecule has 0 fully saturated rings. The molecule has 0 saturated carbocycles. The molecule has 0 aromatic heterocycles. The highest BCUT2D eigenvalue weighted by molar-refractivity contribution is 9.10. The van der Waals surface area contributed by atoms with Gasteiger partial charge in [-0.05, 0) is 35.7 Å². The van der Waals surface area contributed by atoms with Gasteiger partial charge in [-0.2, -0.15) is 0 Å². The van der Waals surface area contributed by atoms with Crippen LogP contribution in [0.2, 0.25) is 5.02 Å². The molecule has 3 nitrogen and oxygen atoms in total. The summed E-state index contributed by atoms with van der Waals surface area (Å²) in [6.07, 6.45) is 0.890. The minimum atomic E-state index is -0.0199. The van der Waals surface area contributed by atoms with Crippen molar-refractivity contribution < 1.29 is 9.53 Å². The smallest absolute Gasteiger partial charge is 0.260 e. The summed E-state index contributed by atoms with van der Waals surface area (Å²) >= 11 is 9.42. The molecule has 0 unspecified atom stereocenters. The average molecular weight is 381 g/mol. The standard InChI is InChI=1S/C17H15BrClNO2/c18-14-5-6-16(15(19)9-14)22-11-17(21)20-8-7-12-3-1-2-4-13(12)10-20/h1-6,9H,7-8,10-11H2. The first-order valence-corrected chi connectivity index (χ1v) is 8.23. The number of nitrogens with zero attached hydrogens (tertiary/aromatic N) is 1. The summed E-state index contributed by atoms with van der Waals surface area (Å²) in [5.41, 5.74) is 2.53. The van der Waals surface area contributed by atoms with Crippen LogP contribution in [-0.2, 0) is 17.8 Å². The molecule has 0 radical (unpaired) electrons. The first-order valence-electron chi connectivity index (χ1n) is 7.06. The Bertz CT molecular complexity index is 705. The SMILES string of the molecule is O=C(COc1ccc(Br)cc1Cl)N1CCc2ccccc2C1. The number of hydrogen-bond acceptors (Lipinski definition) is 2. The van der Waals surface area contributed by atoms with E-state index in [-0.39, 0.29) is 12.5 Å². The molecule has 0 spiro atoms. The van der Waals surface area contributed by atoms with E-state index in [0.717, 1.165) is 17.4 Å². The van der Waals surface area contributed by atoms with Crippen LogP contribution >= 0.6 is 27.5 Å². The fourth-order valence-electron chi connectivity index (χ4n) is 2.53. The van der Waals surface area contributed by atoms with Gasteiger partial charge < -0.3 is 9.64 Å². The number of carbonyl (C=O) groups is 1. The maximum absolute atomic E-state index is 12.3. The maximum Gasteiger partial charge on any atom is 0.260 e. The number of fused-ring (bicyclic) bond motifs is 1. The van der Waals surface area contributed by atoms with Gasteiger partial charge >= 0.3 is 0 Å². The predicted molar refractivity (Wildman–Crippen MR) is 90.2 cm³/mol. The minimum absolute atomic E-state index is 0.00349. The van der Waals surface area contributed by atoms with E-state index < -0.39 is 0 Å². The van der Waals surface area contributed by atoms with Crippen LogP contribution in [0.1, 0.15) is 11.1 Å². The fourth-order valence-corrected chi connectivity index (χ4v) is 3.26. The van der Waals surface area contributed by atoms with Gasteiger partial charge in [-0.25, -0.2) is 0 Å². The summed E-state index contributed by atoms with van der Waals surface area (Å²) in [5.74, 6) is 0.504. The average Bonchev–Trinajstić information content (AvgIpc) is 2.53. The van der Waals surface area contributed by atoms with Crippen molar-refractivity contribution in [1.29, 1.82) is 0 Å². The third-order valence-electron chi connectivity index (χ3n) is 3.73. The molecule has 0 aliphatic carbocycles. The van der Waals surface area contributed by atoms with Crippen LogP contribution in [0.3, 0.4) is 0 Å². The molecule has 0 bridgehead atoms. The number of amides is 1. The largest absolute Gasteiger partial charge is 0.482 e. The summed E-state index contributed by atoms with van der Waals surface area (Å²) in [4.78, 5) is 14.1. The van der Waals surface area contributed by atoms with Gasteiger partial charge in [0.2, 0.25) is 0 Å². The maximum atomic E-state index is 12.3. The third kappa shape index (κ3) is 3.45. The molecule has 1 heterocycles. The lowest BCUT2D eigenvalue weighted by Gasteiger charge is -2.28. The van der Waals surface area contributed by atoms with Crippen molar-refractivity contribution in [3.63, 3.8) is 0 Å². The number of ether oxygens (including phenoxy) is 1. The number of rotatable bonds is 3. The van der Waals surface area contributed by atoms with Crippen LogP contribution in [0.25, 0.3) is 0 Å². The molecule has 22 heavy (non-hydrogen) atoms. The van der Waals surface area contributed by atoms with Gasteiger partial charge in [0.15, 0.2) is 6.61 Å². The van der Waals surface area contributed by atoms with Crippen molar-refractivity contribution in [1.82, 2.24) is 4.90 Å². The van der Waals surface area contributed by atoms with Crippen LogP contribution in [0, 0.1) is 0 Å². The molecule has 0 N–H and O–H groups in total. The molecular weight excluding hydrogens is 366 g/mol. The molecule has 1 amide bonds. The van der Waals surface area contributed by atoms with Crippen molar-refractivity contribution in [3.05, 3.63) is 63.1 Å². The molecule has 2 aromatic rings. The van der Waals surface area contributed by atoms with E-state index in [4.69, 9.17) is 16.3 Å². The number of carbonyl (C=O) groups excluding carboxylic acids is 1. The Morgan fingerprint density at radius 1 is 1.23 bits per heavy atom. The minimum Gasteiger partial charge on any atom is -0.482 e. The number of hydrogen-bond donors (Lipinski definition) is 0. The molecule has 0 saturated heterocycles. The van der Waals surface area contributed by atoms with E-state index in [0.29, 0.717) is 17.3 Å². The van der Waals surface area contributed by atoms with Gasteiger partial charge in [-0.1, -0.05) is 51.8 Å². The Kier molecular flexibility index (Phi) is 4.69. The van der Waals surface area contributed by atoms with Crippen LogP contribution in [-0.4, -0.2) is 24.0 Å². The van der Waals surface area contributed by atoms with Crippen molar-refractivity contribution in [3.8, 4) is 5.75 Å². The zero-order valence-electron chi connectivity index (χ0n) is 11.9. The van der Waals surface area contributed by atoms with Gasteiger partial charge in [-0.3, -0.25) is 4.79 Å². The molecule has 2 aromatic carbocycles. The van der Waals surface area contributed by atoms with E-state index in [1.165, 1.54) is 11.1 Å². The van der Waals surface area contributed by atoms with Crippen LogP contribution in [0.4, 0.5) is 0 Å². The fraction of sp³-hybridized carbons (Fsp3) is 0.235. The Labute approximate surface area is 143 Å². The quantitative estimate of drug-likeness (QED) is 0.803. The molecule has 1 aliphatic rings. The van der Waals surface area contributed by atoms with Gasteiger partial charge in [0, 0.05) is 17.6 Å². The Morgan fingerprint density at radius 2 is 2.00 bits per heavy atom. The molecule has 114 valence electrons. The lowest BCUT2D eigenvalue weighted by molar-refractivity contribution is -0.134. The second-order valence-electron chi connectivity index (χ2n) is 5.20. The number of benzene rings is 2. The predicted octanol–water partition coefficient (Wildman–Crippen LogP) is 4.07. The Hall–Kier alpha value is -1.52. The zero-order chi connectivity index (χ0) is 15.5. The van der Waals surface area contributed by atoms with E-state index in [1.54, 1.807) is 12.1 Å².